The number of benzene rings is 1. The van der Waals surface area contributed by atoms with Crippen LogP contribution in [-0.2, 0) is 15.6 Å². The molecule has 0 aliphatic carbocycles. The standard InChI is InChI=1S/C20H30N2O2S/c1-19(2,3)14-9-13(10-15(18(14)24)20(4,5)6)11-17-22(21(7)8)16(23)12-25-17/h9-11,24H,12H2,1-8H3. The molecule has 1 aromatic carbocycles. The maximum atomic E-state index is 12.1. The van der Waals surface area contributed by atoms with Gasteiger partial charge in [0, 0.05) is 25.2 Å². The van der Waals surface area contributed by atoms with Crippen molar-refractivity contribution < 1.29 is 9.90 Å². The third-order valence-electron chi connectivity index (χ3n) is 4.23. The normalized spacial score (nSPS) is 17.9. The number of carbonyl (C=O) groups is 1. The third-order valence-corrected chi connectivity index (χ3v) is 5.20. The molecule has 0 unspecified atom stereocenters. The fraction of sp³-hybridized carbons (Fsp3) is 0.550. The van der Waals surface area contributed by atoms with Crippen molar-refractivity contribution in [1.82, 2.24) is 10.0 Å². The molecule has 1 aliphatic heterocycles. The van der Waals surface area contributed by atoms with Gasteiger partial charge in [-0.15, -0.1) is 0 Å². The van der Waals surface area contributed by atoms with Gasteiger partial charge in [-0.25, -0.2) is 10.0 Å². The van der Waals surface area contributed by atoms with Gasteiger partial charge in [0.05, 0.1) is 10.8 Å². The number of thioether (sulfide) groups is 1. The summed E-state index contributed by atoms with van der Waals surface area (Å²) in [6.07, 6.45) is 2.04. The SMILES string of the molecule is CN(C)N1C(=O)CSC1=Cc1cc(C(C)(C)C)c(O)c(C(C)(C)C)c1. The lowest BCUT2D eigenvalue weighted by atomic mass is 9.78. The van der Waals surface area contributed by atoms with Gasteiger partial charge in [-0.05, 0) is 34.6 Å². The lowest BCUT2D eigenvalue weighted by Gasteiger charge is -2.28. The van der Waals surface area contributed by atoms with E-state index in [-0.39, 0.29) is 16.7 Å². The highest BCUT2D eigenvalue weighted by molar-refractivity contribution is 8.04. The molecule has 5 heteroatoms. The second-order valence-electron chi connectivity index (χ2n) is 8.79. The van der Waals surface area contributed by atoms with Crippen LogP contribution in [-0.4, -0.2) is 40.9 Å². The number of hydrogen-bond acceptors (Lipinski definition) is 4. The molecule has 1 fully saturated rings. The van der Waals surface area contributed by atoms with E-state index in [1.165, 1.54) is 0 Å². The first-order valence-corrected chi connectivity index (χ1v) is 9.53. The summed E-state index contributed by atoms with van der Waals surface area (Å²) in [5.41, 5.74) is 2.53. The average molecular weight is 363 g/mol. The fourth-order valence-corrected chi connectivity index (χ4v) is 3.93. The molecule has 1 heterocycles. The number of carbonyl (C=O) groups excluding carboxylic acids is 1. The third kappa shape index (κ3) is 4.21. The molecule has 4 nitrogen and oxygen atoms in total. The highest BCUT2D eigenvalue weighted by Gasteiger charge is 2.30. The number of hydrogen-bond donors (Lipinski definition) is 1. The van der Waals surface area contributed by atoms with Gasteiger partial charge >= 0.3 is 0 Å². The quantitative estimate of drug-likeness (QED) is 0.850. The Balaban J connectivity index is 2.63. The van der Waals surface area contributed by atoms with Crippen molar-refractivity contribution in [1.29, 1.82) is 0 Å². The molecule has 1 saturated heterocycles. The second kappa shape index (κ2) is 6.69. The molecule has 138 valence electrons. The van der Waals surface area contributed by atoms with E-state index in [1.807, 2.05) is 37.3 Å². The van der Waals surface area contributed by atoms with Gasteiger partial charge in [0.25, 0.3) is 5.91 Å². The Morgan fingerprint density at radius 1 is 1.08 bits per heavy atom. The Labute approximate surface area is 155 Å². The monoisotopic (exact) mass is 362 g/mol. The van der Waals surface area contributed by atoms with Crippen LogP contribution in [0.3, 0.4) is 0 Å². The van der Waals surface area contributed by atoms with Gasteiger partial charge in [-0.2, -0.15) is 0 Å². The van der Waals surface area contributed by atoms with Gasteiger partial charge in [0.1, 0.15) is 5.75 Å². The number of hydrazine groups is 1. The molecule has 1 amide bonds. The second-order valence-corrected chi connectivity index (χ2v) is 9.78. The van der Waals surface area contributed by atoms with Crippen molar-refractivity contribution in [3.63, 3.8) is 0 Å². The minimum absolute atomic E-state index is 0.0899. The Hall–Kier alpha value is -1.46. The van der Waals surface area contributed by atoms with E-state index in [9.17, 15) is 9.90 Å². The first-order chi connectivity index (χ1) is 11.3. The number of amides is 1. The first kappa shape index (κ1) is 19.9. The van der Waals surface area contributed by atoms with Gasteiger partial charge < -0.3 is 5.11 Å². The number of aromatic hydroxyl groups is 1. The van der Waals surface area contributed by atoms with Crippen LogP contribution in [0.15, 0.2) is 17.2 Å². The summed E-state index contributed by atoms with van der Waals surface area (Å²) in [6.45, 7) is 12.6. The zero-order valence-corrected chi connectivity index (χ0v) is 17.4. The van der Waals surface area contributed by atoms with Crippen molar-refractivity contribution in [2.45, 2.75) is 52.4 Å². The molecule has 0 saturated carbocycles. The van der Waals surface area contributed by atoms with Crippen molar-refractivity contribution in [3.05, 3.63) is 33.9 Å². The van der Waals surface area contributed by atoms with Crippen molar-refractivity contribution in [3.8, 4) is 5.75 Å². The topological polar surface area (TPSA) is 43.8 Å². The van der Waals surface area contributed by atoms with Crippen LogP contribution in [0.1, 0.15) is 58.2 Å². The summed E-state index contributed by atoms with van der Waals surface area (Å²) in [5.74, 6) is 0.925. The molecular weight excluding hydrogens is 332 g/mol. The Bertz CT molecular complexity index is 674. The molecule has 0 atom stereocenters. The molecule has 0 bridgehead atoms. The van der Waals surface area contributed by atoms with Crippen molar-refractivity contribution >= 4 is 23.7 Å². The van der Waals surface area contributed by atoms with Crippen LogP contribution in [0, 0.1) is 0 Å². The van der Waals surface area contributed by atoms with E-state index >= 15 is 0 Å². The minimum Gasteiger partial charge on any atom is -0.507 e. The molecular formula is C20H30N2O2S. The first-order valence-electron chi connectivity index (χ1n) is 8.55. The number of nitrogens with zero attached hydrogens (tertiary/aromatic N) is 2. The van der Waals surface area contributed by atoms with E-state index in [1.54, 1.807) is 16.8 Å². The van der Waals surface area contributed by atoms with Crippen LogP contribution in [0.2, 0.25) is 0 Å². The number of phenolic OH excluding ortho intramolecular Hbond substituents is 1. The zero-order chi connectivity index (χ0) is 19.2. The largest absolute Gasteiger partial charge is 0.507 e. The van der Waals surface area contributed by atoms with Gasteiger partial charge in [-0.3, -0.25) is 4.79 Å². The number of phenols is 1. The maximum Gasteiger partial charge on any atom is 0.252 e. The summed E-state index contributed by atoms with van der Waals surface area (Å²) < 4.78 is 0. The van der Waals surface area contributed by atoms with Crippen molar-refractivity contribution in [2.75, 3.05) is 19.8 Å². The van der Waals surface area contributed by atoms with E-state index in [0.29, 0.717) is 11.5 Å². The fourth-order valence-electron chi connectivity index (χ4n) is 2.93. The Morgan fingerprint density at radius 3 is 1.96 bits per heavy atom. The lowest BCUT2D eigenvalue weighted by Crippen LogP contribution is -2.37. The van der Waals surface area contributed by atoms with E-state index < -0.39 is 0 Å². The zero-order valence-electron chi connectivity index (χ0n) is 16.6. The van der Waals surface area contributed by atoms with E-state index in [2.05, 4.69) is 41.5 Å². The Kier molecular flexibility index (Phi) is 5.31. The van der Waals surface area contributed by atoms with E-state index in [4.69, 9.17) is 0 Å². The molecule has 0 spiro atoms. The summed E-state index contributed by atoms with van der Waals surface area (Å²) in [7, 11) is 3.74. The minimum atomic E-state index is -0.168. The predicted octanol–water partition coefficient (Wildman–Crippen LogP) is 4.34. The summed E-state index contributed by atoms with van der Waals surface area (Å²) in [4.78, 5) is 12.1. The molecule has 1 aromatic rings. The molecule has 1 N–H and O–H groups in total. The molecule has 0 radical (unpaired) electrons. The molecule has 25 heavy (non-hydrogen) atoms. The summed E-state index contributed by atoms with van der Waals surface area (Å²) in [6, 6.07) is 4.07. The van der Waals surface area contributed by atoms with Crippen molar-refractivity contribution in [2.24, 2.45) is 0 Å². The molecule has 0 aromatic heterocycles. The lowest BCUT2D eigenvalue weighted by molar-refractivity contribution is -0.135. The van der Waals surface area contributed by atoms with Gasteiger partial charge in [-0.1, -0.05) is 53.3 Å². The Morgan fingerprint density at radius 2 is 1.56 bits per heavy atom. The van der Waals surface area contributed by atoms with Crippen LogP contribution >= 0.6 is 11.8 Å². The molecule has 2 rings (SSSR count). The van der Waals surface area contributed by atoms with Gasteiger partial charge in [0.15, 0.2) is 0 Å². The highest BCUT2D eigenvalue weighted by atomic mass is 32.2. The van der Waals surface area contributed by atoms with Crippen LogP contribution in [0.4, 0.5) is 0 Å². The molecule has 1 aliphatic rings. The highest BCUT2D eigenvalue weighted by Crippen LogP contribution is 2.41. The number of rotatable bonds is 2. The maximum absolute atomic E-state index is 12.1. The van der Waals surface area contributed by atoms with Gasteiger partial charge in [0.2, 0.25) is 0 Å². The smallest absolute Gasteiger partial charge is 0.252 e. The van der Waals surface area contributed by atoms with E-state index in [0.717, 1.165) is 21.7 Å². The summed E-state index contributed by atoms with van der Waals surface area (Å²) >= 11 is 1.55. The van der Waals surface area contributed by atoms with Crippen LogP contribution < -0.4 is 0 Å². The van der Waals surface area contributed by atoms with Crippen LogP contribution in [0.25, 0.3) is 6.08 Å². The predicted molar refractivity (Wildman–Crippen MR) is 106 cm³/mol. The summed E-state index contributed by atoms with van der Waals surface area (Å²) in [5, 5.41) is 15.3. The van der Waals surface area contributed by atoms with Crippen LogP contribution in [0.5, 0.6) is 5.75 Å². The average Bonchev–Trinajstić information content (AvgIpc) is 2.79.